The molecule has 2 aromatic carbocycles. The Hall–Kier alpha value is -3.56. The van der Waals surface area contributed by atoms with E-state index in [1.165, 1.54) is 23.9 Å². The van der Waals surface area contributed by atoms with E-state index in [2.05, 4.69) is 10.3 Å². The molecule has 0 bridgehead atoms. The molecular formula is C22H16ClN3O5S. The normalized spacial score (nSPS) is 15.9. The summed E-state index contributed by atoms with van der Waals surface area (Å²) in [6.07, 6.45) is 1.56. The number of halogens is 1. The number of hydrogen-bond acceptors (Lipinski definition) is 7. The van der Waals surface area contributed by atoms with Crippen molar-refractivity contribution in [1.29, 1.82) is 0 Å². The fourth-order valence-electron chi connectivity index (χ4n) is 2.95. The third-order valence-corrected chi connectivity index (χ3v) is 5.50. The number of furan rings is 1. The number of nitrogens with one attached hydrogen (secondary N) is 1. The maximum Gasteiger partial charge on any atom is 0.281 e. The molecule has 3 aromatic rings. The Bertz CT molecular complexity index is 1250. The molecule has 1 N–H and O–H groups in total. The van der Waals surface area contributed by atoms with Gasteiger partial charge in [-0.05, 0) is 67.2 Å². The highest BCUT2D eigenvalue weighted by Gasteiger charge is 2.25. The van der Waals surface area contributed by atoms with Gasteiger partial charge in [0.1, 0.15) is 17.3 Å². The number of hydrogen-bond donors (Lipinski definition) is 1. The predicted octanol–water partition coefficient (Wildman–Crippen LogP) is 5.80. The molecule has 8 nitrogen and oxygen atoms in total. The number of ether oxygens (including phenoxy) is 1. The van der Waals surface area contributed by atoms with Gasteiger partial charge in [0, 0.05) is 17.2 Å². The summed E-state index contributed by atoms with van der Waals surface area (Å²) in [4.78, 5) is 28.0. The number of carbonyl (C=O) groups excluding carboxylic acids is 1. The van der Waals surface area contributed by atoms with E-state index in [1.807, 2.05) is 6.92 Å². The van der Waals surface area contributed by atoms with E-state index in [4.69, 9.17) is 20.8 Å². The van der Waals surface area contributed by atoms with E-state index in [0.717, 1.165) is 5.75 Å². The molecule has 0 unspecified atom stereocenters. The van der Waals surface area contributed by atoms with E-state index < -0.39 is 4.92 Å². The van der Waals surface area contributed by atoms with Gasteiger partial charge in [-0.15, -0.1) is 0 Å². The fraction of sp³-hybridized carbons (Fsp3) is 0.0909. The van der Waals surface area contributed by atoms with Gasteiger partial charge < -0.3 is 14.5 Å². The van der Waals surface area contributed by atoms with Crippen molar-refractivity contribution in [2.24, 2.45) is 4.99 Å². The number of amidine groups is 1. The minimum Gasteiger partial charge on any atom is -0.494 e. The number of nitro benzene ring substituents is 1. The van der Waals surface area contributed by atoms with Gasteiger partial charge in [-0.1, -0.05) is 11.6 Å². The Morgan fingerprint density at radius 2 is 2.00 bits per heavy atom. The molecule has 1 saturated heterocycles. The third-order valence-electron chi connectivity index (χ3n) is 4.35. The van der Waals surface area contributed by atoms with Gasteiger partial charge in [0.15, 0.2) is 5.17 Å². The predicted molar refractivity (Wildman–Crippen MR) is 124 cm³/mol. The molecular weight excluding hydrogens is 454 g/mol. The van der Waals surface area contributed by atoms with Gasteiger partial charge in [-0.3, -0.25) is 14.9 Å². The van der Waals surface area contributed by atoms with Gasteiger partial charge >= 0.3 is 0 Å². The zero-order valence-electron chi connectivity index (χ0n) is 16.7. The van der Waals surface area contributed by atoms with Crippen LogP contribution in [0.3, 0.4) is 0 Å². The Kier molecular flexibility index (Phi) is 6.29. The van der Waals surface area contributed by atoms with Crippen molar-refractivity contribution in [1.82, 2.24) is 5.32 Å². The average Bonchev–Trinajstić information content (AvgIpc) is 3.36. The van der Waals surface area contributed by atoms with Gasteiger partial charge in [-0.25, -0.2) is 4.99 Å². The molecule has 0 radical (unpaired) electrons. The molecule has 32 heavy (non-hydrogen) atoms. The minimum atomic E-state index is -0.522. The summed E-state index contributed by atoms with van der Waals surface area (Å²) in [7, 11) is 0. The van der Waals surface area contributed by atoms with E-state index in [0.29, 0.717) is 39.5 Å². The van der Waals surface area contributed by atoms with Crippen LogP contribution >= 0.6 is 23.4 Å². The largest absolute Gasteiger partial charge is 0.494 e. The van der Waals surface area contributed by atoms with E-state index in [9.17, 15) is 14.9 Å². The number of amides is 1. The number of nitrogens with zero attached hydrogens (tertiary/aromatic N) is 2. The fourth-order valence-corrected chi connectivity index (χ4v) is 3.94. The molecule has 0 aliphatic carbocycles. The van der Waals surface area contributed by atoms with Crippen LogP contribution in [0.5, 0.6) is 5.75 Å². The van der Waals surface area contributed by atoms with Crippen LogP contribution in [-0.4, -0.2) is 22.6 Å². The highest BCUT2D eigenvalue weighted by molar-refractivity contribution is 8.18. The quantitative estimate of drug-likeness (QED) is 0.278. The standard InChI is InChI=1S/C22H16ClN3O5S/c1-2-30-15-6-4-14(5-7-15)24-22-25-21(27)20(32-22)12-16-8-10-19(31-16)17-9-3-13(23)11-18(17)26(28)29/h3-12H,2H2,1H3,(H,24,25,27)/b20-12+. The molecule has 10 heteroatoms. The number of benzene rings is 2. The van der Waals surface area contributed by atoms with Crippen molar-refractivity contribution >= 4 is 51.9 Å². The summed E-state index contributed by atoms with van der Waals surface area (Å²) in [5.41, 5.74) is 0.807. The monoisotopic (exact) mass is 469 g/mol. The molecule has 2 heterocycles. The highest BCUT2D eigenvalue weighted by atomic mass is 35.5. The van der Waals surface area contributed by atoms with Crippen LogP contribution < -0.4 is 10.1 Å². The summed E-state index contributed by atoms with van der Waals surface area (Å²) in [6.45, 7) is 2.49. The second-order valence-corrected chi connectivity index (χ2v) is 8.00. The van der Waals surface area contributed by atoms with Crippen molar-refractivity contribution in [2.45, 2.75) is 6.92 Å². The smallest absolute Gasteiger partial charge is 0.281 e. The number of carbonyl (C=O) groups is 1. The molecule has 1 fully saturated rings. The Balaban J connectivity index is 1.54. The number of rotatable bonds is 6. The van der Waals surface area contributed by atoms with Crippen molar-refractivity contribution in [3.8, 4) is 17.1 Å². The van der Waals surface area contributed by atoms with Crippen LogP contribution in [0.15, 0.2) is 68.9 Å². The summed E-state index contributed by atoms with van der Waals surface area (Å²) >= 11 is 7.04. The minimum absolute atomic E-state index is 0.163. The molecule has 1 aromatic heterocycles. The molecule has 0 spiro atoms. The van der Waals surface area contributed by atoms with Crippen LogP contribution in [0.4, 0.5) is 11.4 Å². The first-order valence-corrected chi connectivity index (χ1v) is 10.7. The van der Waals surface area contributed by atoms with Crippen LogP contribution in [0.1, 0.15) is 12.7 Å². The Labute approximate surface area is 192 Å². The Morgan fingerprint density at radius 3 is 2.72 bits per heavy atom. The van der Waals surface area contributed by atoms with Gasteiger partial charge in [0.05, 0.1) is 27.7 Å². The van der Waals surface area contributed by atoms with Crippen LogP contribution in [-0.2, 0) is 4.79 Å². The molecule has 0 saturated carbocycles. The maximum absolute atomic E-state index is 12.3. The first-order valence-electron chi connectivity index (χ1n) is 9.49. The summed E-state index contributed by atoms with van der Waals surface area (Å²) in [5.74, 6) is 1.11. The first-order chi connectivity index (χ1) is 15.4. The lowest BCUT2D eigenvalue weighted by molar-refractivity contribution is -0.384. The van der Waals surface area contributed by atoms with Crippen molar-refractivity contribution in [3.05, 3.63) is 80.4 Å². The zero-order chi connectivity index (χ0) is 22.7. The third kappa shape index (κ3) is 4.84. The van der Waals surface area contributed by atoms with Gasteiger partial charge in [0.2, 0.25) is 0 Å². The van der Waals surface area contributed by atoms with E-state index in [-0.39, 0.29) is 16.6 Å². The average molecular weight is 470 g/mol. The SMILES string of the molecule is CCOc1ccc(N=C2NC(=O)/C(=C\c3ccc(-c4ccc(Cl)cc4[N+](=O)[O-])o3)S2)cc1. The number of aliphatic imine (C=N–C) groups is 1. The lowest BCUT2D eigenvalue weighted by Crippen LogP contribution is -2.19. The molecule has 1 amide bonds. The molecule has 1 aliphatic rings. The number of nitro groups is 1. The van der Waals surface area contributed by atoms with Crippen LogP contribution in [0, 0.1) is 10.1 Å². The second-order valence-electron chi connectivity index (χ2n) is 6.53. The summed E-state index contributed by atoms with van der Waals surface area (Å²) < 4.78 is 11.1. The van der Waals surface area contributed by atoms with E-state index in [1.54, 1.807) is 48.5 Å². The van der Waals surface area contributed by atoms with Gasteiger partial charge in [-0.2, -0.15) is 0 Å². The maximum atomic E-state index is 12.3. The molecule has 4 rings (SSSR count). The highest BCUT2D eigenvalue weighted by Crippen LogP contribution is 2.35. The molecule has 1 aliphatic heterocycles. The van der Waals surface area contributed by atoms with Crippen LogP contribution in [0.25, 0.3) is 17.4 Å². The van der Waals surface area contributed by atoms with Crippen molar-refractivity contribution in [3.63, 3.8) is 0 Å². The van der Waals surface area contributed by atoms with Crippen LogP contribution in [0.2, 0.25) is 5.02 Å². The molecule has 162 valence electrons. The summed E-state index contributed by atoms with van der Waals surface area (Å²) in [6, 6.07) is 14.8. The summed E-state index contributed by atoms with van der Waals surface area (Å²) in [5, 5.41) is 14.7. The lowest BCUT2D eigenvalue weighted by Gasteiger charge is -2.02. The topological polar surface area (TPSA) is 107 Å². The number of thioether (sulfide) groups is 1. The second kappa shape index (κ2) is 9.29. The lowest BCUT2D eigenvalue weighted by atomic mass is 10.1. The van der Waals surface area contributed by atoms with Gasteiger partial charge in [0.25, 0.3) is 11.6 Å². The molecule has 0 atom stereocenters. The van der Waals surface area contributed by atoms with E-state index >= 15 is 0 Å². The van der Waals surface area contributed by atoms with Crippen molar-refractivity contribution < 1.29 is 18.9 Å². The first kappa shape index (κ1) is 21.7. The Morgan fingerprint density at radius 1 is 1.22 bits per heavy atom. The zero-order valence-corrected chi connectivity index (χ0v) is 18.3. The van der Waals surface area contributed by atoms with Crippen molar-refractivity contribution in [2.75, 3.05) is 6.61 Å².